The van der Waals surface area contributed by atoms with Crippen LogP contribution in [-0.4, -0.2) is 46.6 Å². The Labute approximate surface area is 109 Å². The number of likely N-dealkylation sites (N-methyl/N-ethyl adjacent to an activating group) is 1. The molecule has 0 aromatic carbocycles. The summed E-state index contributed by atoms with van der Waals surface area (Å²) in [6, 6.07) is 0.798. The Bertz CT molecular complexity index is 475. The van der Waals surface area contributed by atoms with Crippen molar-refractivity contribution in [1.29, 1.82) is 0 Å². The summed E-state index contributed by atoms with van der Waals surface area (Å²) in [4.78, 5) is 27.6. The minimum absolute atomic E-state index is 0.269. The minimum atomic E-state index is -1.36. The zero-order valence-electron chi connectivity index (χ0n) is 10.7. The van der Waals surface area contributed by atoms with E-state index in [0.29, 0.717) is 13.1 Å². The van der Waals surface area contributed by atoms with Crippen LogP contribution >= 0.6 is 0 Å². The number of carboxylic acid groups (broad SMARTS) is 1. The molecule has 7 heteroatoms. The third kappa shape index (κ3) is 3.90. The Balaban J connectivity index is 2.78. The lowest BCUT2D eigenvalue weighted by Gasteiger charge is -2.18. The summed E-state index contributed by atoms with van der Waals surface area (Å²) in [5.41, 5.74) is -0.410. The highest BCUT2D eigenvalue weighted by atomic mass is 19.1. The third-order valence-electron chi connectivity index (χ3n) is 2.50. The number of ether oxygens (including phenoxy) is 1. The number of nitrogens with zero attached hydrogens (tertiary/aromatic N) is 2. The fourth-order valence-corrected chi connectivity index (χ4v) is 1.49. The lowest BCUT2D eigenvalue weighted by atomic mass is 10.3. The van der Waals surface area contributed by atoms with Crippen LogP contribution in [0.5, 0.6) is 5.88 Å². The molecule has 1 aromatic heterocycles. The molecule has 1 heterocycles. The van der Waals surface area contributed by atoms with E-state index in [1.807, 2.05) is 13.8 Å². The fraction of sp³-hybridized carbons (Fsp3) is 0.417. The van der Waals surface area contributed by atoms with Crippen molar-refractivity contribution in [1.82, 2.24) is 9.88 Å². The number of pyridine rings is 1. The first kappa shape index (κ1) is 14.9. The van der Waals surface area contributed by atoms with Gasteiger partial charge in [0.15, 0.2) is 6.61 Å². The first-order valence-corrected chi connectivity index (χ1v) is 5.79. The second-order valence-corrected chi connectivity index (χ2v) is 3.67. The molecule has 0 aliphatic heterocycles. The standard InChI is InChI=1S/C12H15FN2O4/c1-3-15(4-2)10(16)7-19-11-9(12(17)18)5-8(13)6-14-11/h5-6H,3-4,7H2,1-2H3,(H,17,18). The summed E-state index contributed by atoms with van der Waals surface area (Å²) < 4.78 is 17.9. The molecule has 6 nitrogen and oxygen atoms in total. The van der Waals surface area contributed by atoms with Gasteiger partial charge in [-0.2, -0.15) is 0 Å². The second-order valence-electron chi connectivity index (χ2n) is 3.67. The lowest BCUT2D eigenvalue weighted by Crippen LogP contribution is -2.34. The Morgan fingerprint density at radius 3 is 2.58 bits per heavy atom. The highest BCUT2D eigenvalue weighted by Gasteiger charge is 2.17. The Morgan fingerprint density at radius 2 is 2.05 bits per heavy atom. The predicted octanol–water partition coefficient (Wildman–Crippen LogP) is 1.17. The summed E-state index contributed by atoms with van der Waals surface area (Å²) in [5.74, 6) is -2.70. The number of hydrogen-bond donors (Lipinski definition) is 1. The van der Waals surface area contributed by atoms with Gasteiger partial charge in [0.05, 0.1) is 6.20 Å². The molecule has 0 bridgehead atoms. The van der Waals surface area contributed by atoms with E-state index in [2.05, 4.69) is 4.98 Å². The summed E-state index contributed by atoms with van der Waals surface area (Å²) in [7, 11) is 0. The molecular weight excluding hydrogens is 255 g/mol. The van der Waals surface area contributed by atoms with Crippen LogP contribution in [0.4, 0.5) is 4.39 Å². The summed E-state index contributed by atoms with van der Waals surface area (Å²) in [6.45, 7) is 4.36. The summed E-state index contributed by atoms with van der Waals surface area (Å²) >= 11 is 0. The Morgan fingerprint density at radius 1 is 1.42 bits per heavy atom. The number of carbonyl (C=O) groups excluding carboxylic acids is 1. The van der Waals surface area contributed by atoms with Gasteiger partial charge in [0, 0.05) is 13.1 Å². The van der Waals surface area contributed by atoms with Crippen LogP contribution in [0.25, 0.3) is 0 Å². The number of hydrogen-bond acceptors (Lipinski definition) is 4. The van der Waals surface area contributed by atoms with Crippen LogP contribution in [0.15, 0.2) is 12.3 Å². The van der Waals surface area contributed by atoms with Gasteiger partial charge in [-0.1, -0.05) is 0 Å². The molecule has 0 aliphatic rings. The molecule has 1 N–H and O–H groups in total. The number of carbonyl (C=O) groups is 2. The van der Waals surface area contributed by atoms with Gasteiger partial charge < -0.3 is 14.7 Å². The average molecular weight is 270 g/mol. The van der Waals surface area contributed by atoms with Crippen molar-refractivity contribution in [3.63, 3.8) is 0 Å². The van der Waals surface area contributed by atoms with Crippen LogP contribution in [-0.2, 0) is 4.79 Å². The van der Waals surface area contributed by atoms with E-state index in [1.165, 1.54) is 4.90 Å². The first-order valence-electron chi connectivity index (χ1n) is 5.79. The molecule has 0 radical (unpaired) electrons. The quantitative estimate of drug-likeness (QED) is 0.839. The number of aromatic nitrogens is 1. The van der Waals surface area contributed by atoms with Gasteiger partial charge in [0.25, 0.3) is 5.91 Å². The van der Waals surface area contributed by atoms with Crippen molar-refractivity contribution in [2.45, 2.75) is 13.8 Å². The van der Waals surface area contributed by atoms with Crippen molar-refractivity contribution in [2.24, 2.45) is 0 Å². The average Bonchev–Trinajstić information content (AvgIpc) is 2.38. The molecule has 19 heavy (non-hydrogen) atoms. The SMILES string of the molecule is CCN(CC)C(=O)COc1ncc(F)cc1C(=O)O. The van der Waals surface area contributed by atoms with Crippen LogP contribution in [0.1, 0.15) is 24.2 Å². The van der Waals surface area contributed by atoms with Gasteiger partial charge in [-0.3, -0.25) is 4.79 Å². The molecule has 0 unspecified atom stereocenters. The van der Waals surface area contributed by atoms with Crippen LogP contribution in [0.3, 0.4) is 0 Å². The van der Waals surface area contributed by atoms with Crippen molar-refractivity contribution < 1.29 is 23.8 Å². The van der Waals surface area contributed by atoms with E-state index < -0.39 is 17.3 Å². The molecule has 104 valence electrons. The van der Waals surface area contributed by atoms with Crippen LogP contribution in [0.2, 0.25) is 0 Å². The normalized spacial score (nSPS) is 10.1. The zero-order valence-corrected chi connectivity index (χ0v) is 10.7. The van der Waals surface area contributed by atoms with E-state index in [1.54, 1.807) is 0 Å². The van der Waals surface area contributed by atoms with Crippen molar-refractivity contribution in [3.05, 3.63) is 23.6 Å². The van der Waals surface area contributed by atoms with E-state index >= 15 is 0 Å². The number of halogens is 1. The fourth-order valence-electron chi connectivity index (χ4n) is 1.49. The van der Waals surface area contributed by atoms with Gasteiger partial charge >= 0.3 is 5.97 Å². The molecule has 1 rings (SSSR count). The van der Waals surface area contributed by atoms with E-state index in [4.69, 9.17) is 9.84 Å². The summed E-state index contributed by atoms with van der Waals surface area (Å²) in [6.07, 6.45) is 0.837. The van der Waals surface area contributed by atoms with Gasteiger partial charge in [-0.15, -0.1) is 0 Å². The number of aromatic carboxylic acids is 1. The smallest absolute Gasteiger partial charge is 0.341 e. The zero-order chi connectivity index (χ0) is 14.4. The lowest BCUT2D eigenvalue weighted by molar-refractivity contribution is -0.133. The van der Waals surface area contributed by atoms with Crippen molar-refractivity contribution >= 4 is 11.9 Å². The summed E-state index contributed by atoms with van der Waals surface area (Å²) in [5, 5.41) is 8.87. The van der Waals surface area contributed by atoms with E-state index in [9.17, 15) is 14.0 Å². The molecular formula is C12H15FN2O4. The first-order chi connectivity index (χ1) is 8.99. The monoisotopic (exact) mass is 270 g/mol. The minimum Gasteiger partial charge on any atom is -0.477 e. The topological polar surface area (TPSA) is 79.7 Å². The highest BCUT2D eigenvalue weighted by molar-refractivity contribution is 5.90. The van der Waals surface area contributed by atoms with Crippen LogP contribution < -0.4 is 4.74 Å². The Hall–Kier alpha value is -2.18. The molecule has 0 atom stereocenters. The molecule has 0 aliphatic carbocycles. The van der Waals surface area contributed by atoms with Crippen LogP contribution in [0, 0.1) is 5.82 Å². The van der Waals surface area contributed by atoms with E-state index in [0.717, 1.165) is 12.3 Å². The third-order valence-corrected chi connectivity index (χ3v) is 2.50. The number of carboxylic acids is 1. The number of rotatable bonds is 6. The van der Waals surface area contributed by atoms with Crippen molar-refractivity contribution in [3.8, 4) is 5.88 Å². The predicted molar refractivity (Wildman–Crippen MR) is 64.6 cm³/mol. The molecule has 0 saturated carbocycles. The Kier molecular flexibility index (Phi) is 5.23. The highest BCUT2D eigenvalue weighted by Crippen LogP contribution is 2.16. The molecule has 1 aromatic rings. The van der Waals surface area contributed by atoms with E-state index in [-0.39, 0.29) is 18.4 Å². The molecule has 0 fully saturated rings. The molecule has 0 saturated heterocycles. The molecule has 1 amide bonds. The van der Waals surface area contributed by atoms with Gasteiger partial charge in [0.1, 0.15) is 11.4 Å². The van der Waals surface area contributed by atoms with Crippen molar-refractivity contribution in [2.75, 3.05) is 19.7 Å². The largest absolute Gasteiger partial charge is 0.477 e. The van der Waals surface area contributed by atoms with Gasteiger partial charge in [-0.05, 0) is 19.9 Å². The maximum absolute atomic E-state index is 12.9. The maximum Gasteiger partial charge on any atom is 0.341 e. The second kappa shape index (κ2) is 6.67. The maximum atomic E-state index is 12.9. The van der Waals surface area contributed by atoms with Gasteiger partial charge in [-0.25, -0.2) is 14.2 Å². The number of amides is 1. The van der Waals surface area contributed by atoms with Gasteiger partial charge in [0.2, 0.25) is 5.88 Å². The molecule has 0 spiro atoms.